The minimum atomic E-state index is -0.336. The van der Waals surface area contributed by atoms with E-state index in [2.05, 4.69) is 10.9 Å². The average Bonchev–Trinajstić information content (AvgIpc) is 2.70. The monoisotopic (exact) mass is 359 g/mol. The molecule has 2 aromatic carbocycles. The number of nitrogen functional groups attached to an aromatic ring is 1. The van der Waals surface area contributed by atoms with E-state index < -0.39 is 0 Å². The van der Waals surface area contributed by atoms with E-state index in [1.807, 2.05) is 48.5 Å². The van der Waals surface area contributed by atoms with Crippen molar-refractivity contribution in [1.29, 1.82) is 0 Å². The minimum absolute atomic E-state index is 0.00680. The van der Waals surface area contributed by atoms with E-state index in [1.165, 1.54) is 10.6 Å². The molecule has 1 heterocycles. The third-order valence-electron chi connectivity index (χ3n) is 4.64. The molecule has 5 heteroatoms. The van der Waals surface area contributed by atoms with Gasteiger partial charge in [-0.2, -0.15) is 0 Å². The fraction of sp³-hybridized carbons (Fsp3) is 0.182. The number of benzene rings is 2. The van der Waals surface area contributed by atoms with E-state index in [9.17, 15) is 9.90 Å². The van der Waals surface area contributed by atoms with Crippen LogP contribution in [-0.2, 0) is 20.1 Å². The zero-order valence-corrected chi connectivity index (χ0v) is 15.1. The number of rotatable bonds is 5. The number of nitrogens with two attached hydrogens (primary N) is 1. The summed E-state index contributed by atoms with van der Waals surface area (Å²) in [6, 6.07) is 17.2. The highest BCUT2D eigenvalue weighted by Gasteiger charge is 2.14. The van der Waals surface area contributed by atoms with Gasteiger partial charge in [0.15, 0.2) is 0 Å². The molecule has 1 atom stereocenters. The maximum absolute atomic E-state index is 11.9. The first-order valence-electron chi connectivity index (χ1n) is 8.61. The van der Waals surface area contributed by atoms with Gasteiger partial charge in [0.25, 0.3) is 5.56 Å². The summed E-state index contributed by atoms with van der Waals surface area (Å²) in [5.74, 6) is 2.52. The molecule has 0 radical (unpaired) electrons. The van der Waals surface area contributed by atoms with Gasteiger partial charge < -0.3 is 10.8 Å². The Balaban J connectivity index is 1.85. The lowest BCUT2D eigenvalue weighted by Gasteiger charge is -2.13. The summed E-state index contributed by atoms with van der Waals surface area (Å²) in [6.07, 6.45) is 6.24. The van der Waals surface area contributed by atoms with Gasteiger partial charge in [-0.25, -0.2) is 4.98 Å². The van der Waals surface area contributed by atoms with Gasteiger partial charge in [-0.3, -0.25) is 9.36 Å². The van der Waals surface area contributed by atoms with Crippen molar-refractivity contribution in [3.63, 3.8) is 0 Å². The number of hydrogen-bond donors (Lipinski definition) is 2. The number of hydrogen-bond acceptors (Lipinski definition) is 4. The number of terminal acetylenes is 1. The second-order valence-corrected chi connectivity index (χ2v) is 6.37. The van der Waals surface area contributed by atoms with E-state index in [0.717, 1.165) is 22.3 Å². The standard InChI is InChI=1S/C22H21N3O2/c1-3-16(20-13-21(27)25(2)22(23)24-20)12-15-8-10-17(11-9-15)19-7-5-4-6-18(19)14-26/h1,4-11,13,16,26H,12,14H2,2H3,(H2,23,24)/t16-/m0/s1. The van der Waals surface area contributed by atoms with Crippen LogP contribution >= 0.6 is 0 Å². The first kappa shape index (κ1) is 18.4. The van der Waals surface area contributed by atoms with E-state index >= 15 is 0 Å². The molecule has 136 valence electrons. The first-order chi connectivity index (χ1) is 13.0. The van der Waals surface area contributed by atoms with Crippen LogP contribution in [0.3, 0.4) is 0 Å². The molecule has 3 aromatic rings. The predicted octanol–water partition coefficient (Wildman–Crippen LogP) is 2.48. The summed E-state index contributed by atoms with van der Waals surface area (Å²) in [5.41, 5.74) is 10.00. The number of aliphatic hydroxyl groups is 1. The lowest BCUT2D eigenvalue weighted by atomic mass is 9.94. The van der Waals surface area contributed by atoms with Crippen LogP contribution in [0.4, 0.5) is 5.95 Å². The summed E-state index contributed by atoms with van der Waals surface area (Å²) in [4.78, 5) is 16.2. The highest BCUT2D eigenvalue weighted by molar-refractivity contribution is 5.67. The highest BCUT2D eigenvalue weighted by Crippen LogP contribution is 2.25. The maximum Gasteiger partial charge on any atom is 0.254 e. The minimum Gasteiger partial charge on any atom is -0.392 e. The number of aromatic nitrogens is 2. The van der Waals surface area contributed by atoms with Crippen LogP contribution < -0.4 is 11.3 Å². The Labute approximate surface area is 158 Å². The first-order valence-corrected chi connectivity index (χ1v) is 8.61. The molecular weight excluding hydrogens is 338 g/mol. The molecule has 0 aliphatic rings. The van der Waals surface area contributed by atoms with Gasteiger partial charge in [0, 0.05) is 13.1 Å². The quantitative estimate of drug-likeness (QED) is 0.686. The molecule has 0 saturated heterocycles. The molecule has 0 saturated carbocycles. The summed E-state index contributed by atoms with van der Waals surface area (Å²) < 4.78 is 1.28. The fourth-order valence-corrected chi connectivity index (χ4v) is 3.00. The van der Waals surface area contributed by atoms with Crippen molar-refractivity contribution in [3.05, 3.63) is 81.8 Å². The predicted molar refractivity (Wildman–Crippen MR) is 107 cm³/mol. The Kier molecular flexibility index (Phi) is 5.39. The van der Waals surface area contributed by atoms with Crippen LogP contribution in [0.5, 0.6) is 0 Å². The Hall–Kier alpha value is -3.36. The summed E-state index contributed by atoms with van der Waals surface area (Å²) in [5, 5.41) is 9.51. The van der Waals surface area contributed by atoms with Crippen molar-refractivity contribution >= 4 is 5.95 Å². The van der Waals surface area contributed by atoms with Crippen LogP contribution in [0.2, 0.25) is 0 Å². The van der Waals surface area contributed by atoms with Crippen molar-refractivity contribution in [1.82, 2.24) is 9.55 Å². The normalized spacial score (nSPS) is 11.7. The molecule has 0 spiro atoms. The summed E-state index contributed by atoms with van der Waals surface area (Å²) >= 11 is 0. The smallest absolute Gasteiger partial charge is 0.254 e. The Morgan fingerprint density at radius 2 is 1.93 bits per heavy atom. The lowest BCUT2D eigenvalue weighted by Crippen LogP contribution is -2.23. The molecule has 1 aromatic heterocycles. The average molecular weight is 359 g/mol. The van der Waals surface area contributed by atoms with Crippen molar-refractivity contribution in [3.8, 4) is 23.5 Å². The second-order valence-electron chi connectivity index (χ2n) is 6.37. The van der Waals surface area contributed by atoms with Crippen molar-refractivity contribution in [2.75, 3.05) is 5.73 Å². The number of nitrogens with zero attached hydrogens (tertiary/aromatic N) is 2. The maximum atomic E-state index is 11.9. The molecule has 0 unspecified atom stereocenters. The van der Waals surface area contributed by atoms with Gasteiger partial charge in [-0.15, -0.1) is 6.42 Å². The van der Waals surface area contributed by atoms with Crippen LogP contribution in [0.1, 0.15) is 22.7 Å². The van der Waals surface area contributed by atoms with Gasteiger partial charge in [-0.1, -0.05) is 54.5 Å². The highest BCUT2D eigenvalue weighted by atomic mass is 16.3. The molecule has 0 aliphatic heterocycles. The van der Waals surface area contributed by atoms with E-state index in [0.29, 0.717) is 12.1 Å². The number of anilines is 1. The van der Waals surface area contributed by atoms with Crippen LogP contribution in [0.15, 0.2) is 59.4 Å². The Morgan fingerprint density at radius 1 is 1.22 bits per heavy atom. The lowest BCUT2D eigenvalue weighted by molar-refractivity contribution is 0.282. The third kappa shape index (κ3) is 3.91. The summed E-state index contributed by atoms with van der Waals surface area (Å²) in [6.45, 7) is -0.00680. The SMILES string of the molecule is C#C[C@@H](Cc1ccc(-c2ccccc2CO)cc1)c1cc(=O)n(C)c(N)n1. The van der Waals surface area contributed by atoms with Crippen molar-refractivity contribution in [2.24, 2.45) is 7.05 Å². The second kappa shape index (κ2) is 7.90. The van der Waals surface area contributed by atoms with Crippen LogP contribution in [-0.4, -0.2) is 14.7 Å². The molecule has 5 nitrogen and oxygen atoms in total. The van der Waals surface area contributed by atoms with Crippen molar-refractivity contribution in [2.45, 2.75) is 18.9 Å². The molecule has 27 heavy (non-hydrogen) atoms. The van der Waals surface area contributed by atoms with Gasteiger partial charge in [-0.05, 0) is 28.7 Å². The summed E-state index contributed by atoms with van der Waals surface area (Å²) in [7, 11) is 1.57. The Morgan fingerprint density at radius 3 is 2.56 bits per heavy atom. The van der Waals surface area contributed by atoms with E-state index in [1.54, 1.807) is 7.05 Å². The fourth-order valence-electron chi connectivity index (χ4n) is 3.00. The largest absolute Gasteiger partial charge is 0.392 e. The van der Waals surface area contributed by atoms with Crippen molar-refractivity contribution < 1.29 is 5.11 Å². The van der Waals surface area contributed by atoms with Gasteiger partial charge >= 0.3 is 0 Å². The zero-order valence-electron chi connectivity index (χ0n) is 15.1. The molecule has 0 amide bonds. The molecule has 0 aliphatic carbocycles. The molecule has 3 rings (SSSR count). The molecule has 0 bridgehead atoms. The van der Waals surface area contributed by atoms with Crippen LogP contribution in [0, 0.1) is 12.3 Å². The van der Waals surface area contributed by atoms with Gasteiger partial charge in [0.2, 0.25) is 5.95 Å². The van der Waals surface area contributed by atoms with E-state index in [-0.39, 0.29) is 24.0 Å². The van der Waals surface area contributed by atoms with E-state index in [4.69, 9.17) is 12.2 Å². The molecular formula is C22H21N3O2. The topological polar surface area (TPSA) is 81.1 Å². The van der Waals surface area contributed by atoms with Crippen LogP contribution in [0.25, 0.3) is 11.1 Å². The van der Waals surface area contributed by atoms with Gasteiger partial charge in [0.1, 0.15) is 0 Å². The zero-order chi connectivity index (χ0) is 19.4. The number of aliphatic hydroxyl groups excluding tert-OH is 1. The van der Waals surface area contributed by atoms with Gasteiger partial charge in [0.05, 0.1) is 18.2 Å². The molecule has 3 N–H and O–H groups in total. The Bertz CT molecular complexity index is 1050. The molecule has 0 fully saturated rings. The third-order valence-corrected chi connectivity index (χ3v) is 4.64.